The van der Waals surface area contributed by atoms with E-state index in [4.69, 9.17) is 10.2 Å². The lowest BCUT2D eigenvalue weighted by atomic mass is 10.1. The Balaban J connectivity index is 2.33. The van der Waals surface area contributed by atoms with Gasteiger partial charge in [0, 0.05) is 25.3 Å². The Labute approximate surface area is 104 Å². The van der Waals surface area contributed by atoms with Crippen LogP contribution in [0.15, 0.2) is 6.07 Å². The molecule has 1 aliphatic heterocycles. The SMILES string of the molecule is Cc1cc(CO)nc(C2CNCCN2C(=O)O)n1. The zero-order valence-electron chi connectivity index (χ0n) is 10.1. The van der Waals surface area contributed by atoms with Crippen LogP contribution in [0.25, 0.3) is 0 Å². The number of amides is 1. The first-order valence-electron chi connectivity index (χ1n) is 5.77. The van der Waals surface area contributed by atoms with Gasteiger partial charge >= 0.3 is 6.09 Å². The number of aromatic nitrogens is 2. The molecule has 0 radical (unpaired) electrons. The van der Waals surface area contributed by atoms with Crippen LogP contribution in [0.3, 0.4) is 0 Å². The molecule has 0 spiro atoms. The van der Waals surface area contributed by atoms with Crippen molar-refractivity contribution >= 4 is 6.09 Å². The fourth-order valence-electron chi connectivity index (χ4n) is 2.05. The Morgan fingerprint density at radius 2 is 2.39 bits per heavy atom. The van der Waals surface area contributed by atoms with Gasteiger partial charge < -0.3 is 15.5 Å². The number of aliphatic hydroxyl groups excluding tert-OH is 1. The van der Waals surface area contributed by atoms with Crippen molar-refractivity contribution < 1.29 is 15.0 Å². The molecule has 7 heteroatoms. The van der Waals surface area contributed by atoms with E-state index in [1.54, 1.807) is 13.0 Å². The van der Waals surface area contributed by atoms with E-state index >= 15 is 0 Å². The highest BCUT2D eigenvalue weighted by Crippen LogP contribution is 2.19. The molecular formula is C11H16N4O3. The summed E-state index contributed by atoms with van der Waals surface area (Å²) in [5.41, 5.74) is 1.23. The molecular weight excluding hydrogens is 236 g/mol. The quantitative estimate of drug-likeness (QED) is 0.680. The highest BCUT2D eigenvalue weighted by molar-refractivity contribution is 5.65. The van der Waals surface area contributed by atoms with Gasteiger partial charge in [-0.2, -0.15) is 0 Å². The summed E-state index contributed by atoms with van der Waals surface area (Å²) in [5.74, 6) is 0.439. The maximum atomic E-state index is 11.2. The molecule has 1 aromatic rings. The summed E-state index contributed by atoms with van der Waals surface area (Å²) in [6.07, 6.45) is -0.975. The lowest BCUT2D eigenvalue weighted by Crippen LogP contribution is -2.48. The minimum absolute atomic E-state index is 0.177. The second-order valence-corrected chi connectivity index (χ2v) is 4.21. The van der Waals surface area contributed by atoms with Crippen LogP contribution >= 0.6 is 0 Å². The molecule has 0 aliphatic carbocycles. The van der Waals surface area contributed by atoms with E-state index in [0.717, 1.165) is 5.69 Å². The van der Waals surface area contributed by atoms with Crippen molar-refractivity contribution in [3.63, 3.8) is 0 Å². The largest absolute Gasteiger partial charge is 0.465 e. The molecule has 0 aromatic carbocycles. The molecule has 98 valence electrons. The molecule has 1 aromatic heterocycles. The topological polar surface area (TPSA) is 98.6 Å². The van der Waals surface area contributed by atoms with Crippen molar-refractivity contribution in [1.82, 2.24) is 20.2 Å². The van der Waals surface area contributed by atoms with Crippen LogP contribution in [0.4, 0.5) is 4.79 Å². The molecule has 1 aliphatic rings. The first kappa shape index (κ1) is 12.7. The highest BCUT2D eigenvalue weighted by atomic mass is 16.4. The van der Waals surface area contributed by atoms with Gasteiger partial charge in [-0.25, -0.2) is 14.8 Å². The van der Waals surface area contributed by atoms with E-state index in [-0.39, 0.29) is 6.61 Å². The normalized spacial score (nSPS) is 19.9. The summed E-state index contributed by atoms with van der Waals surface area (Å²) in [6.45, 7) is 3.14. The lowest BCUT2D eigenvalue weighted by Gasteiger charge is -2.33. The number of nitrogens with one attached hydrogen (secondary N) is 1. The fraction of sp³-hybridized carbons (Fsp3) is 0.545. The summed E-state index contributed by atoms with van der Waals surface area (Å²) < 4.78 is 0. The zero-order valence-corrected chi connectivity index (χ0v) is 10.1. The second kappa shape index (κ2) is 5.28. The van der Waals surface area contributed by atoms with E-state index in [0.29, 0.717) is 31.2 Å². The molecule has 1 fully saturated rings. The van der Waals surface area contributed by atoms with E-state index in [1.165, 1.54) is 4.90 Å². The maximum absolute atomic E-state index is 11.2. The summed E-state index contributed by atoms with van der Waals surface area (Å²) >= 11 is 0. The number of aryl methyl sites for hydroxylation is 1. The third-order valence-electron chi connectivity index (χ3n) is 2.87. The monoisotopic (exact) mass is 252 g/mol. The Morgan fingerprint density at radius 3 is 3.06 bits per heavy atom. The van der Waals surface area contributed by atoms with Crippen LogP contribution in [-0.4, -0.2) is 50.8 Å². The average Bonchev–Trinajstić information content (AvgIpc) is 2.38. The van der Waals surface area contributed by atoms with Gasteiger partial charge in [-0.1, -0.05) is 0 Å². The lowest BCUT2D eigenvalue weighted by molar-refractivity contribution is 0.109. The maximum Gasteiger partial charge on any atom is 0.408 e. The predicted octanol–water partition coefficient (Wildman–Crippen LogP) is -0.0984. The minimum Gasteiger partial charge on any atom is -0.465 e. The van der Waals surface area contributed by atoms with Crippen LogP contribution in [0.5, 0.6) is 0 Å². The Kier molecular flexibility index (Phi) is 3.73. The van der Waals surface area contributed by atoms with Crippen LogP contribution in [0, 0.1) is 6.92 Å². The van der Waals surface area contributed by atoms with Gasteiger partial charge in [0.2, 0.25) is 0 Å². The Morgan fingerprint density at radius 1 is 1.61 bits per heavy atom. The predicted molar refractivity (Wildman–Crippen MR) is 63.0 cm³/mol. The Bertz CT molecular complexity index is 452. The van der Waals surface area contributed by atoms with Crippen LogP contribution in [0.1, 0.15) is 23.3 Å². The van der Waals surface area contributed by atoms with Crippen LogP contribution in [-0.2, 0) is 6.61 Å². The van der Waals surface area contributed by atoms with E-state index in [2.05, 4.69) is 15.3 Å². The minimum atomic E-state index is -0.975. The molecule has 3 N–H and O–H groups in total. The third kappa shape index (κ3) is 2.57. The fourth-order valence-corrected chi connectivity index (χ4v) is 2.05. The Hall–Kier alpha value is -1.73. The van der Waals surface area contributed by atoms with Crippen molar-refractivity contribution in [2.45, 2.75) is 19.6 Å². The number of carboxylic acid groups (broad SMARTS) is 1. The summed E-state index contributed by atoms with van der Waals surface area (Å²) in [4.78, 5) is 21.0. The van der Waals surface area contributed by atoms with E-state index in [1.807, 2.05) is 0 Å². The van der Waals surface area contributed by atoms with Crippen molar-refractivity contribution in [3.8, 4) is 0 Å². The number of piperazine rings is 1. The molecule has 18 heavy (non-hydrogen) atoms. The molecule has 1 atom stereocenters. The van der Waals surface area contributed by atoms with Gasteiger partial charge in [0.15, 0.2) is 5.82 Å². The molecule has 0 bridgehead atoms. The first-order valence-corrected chi connectivity index (χ1v) is 5.77. The van der Waals surface area contributed by atoms with Gasteiger partial charge in [0.1, 0.15) is 6.04 Å². The van der Waals surface area contributed by atoms with Crippen molar-refractivity contribution in [2.75, 3.05) is 19.6 Å². The van der Waals surface area contributed by atoms with Gasteiger partial charge in [0.25, 0.3) is 0 Å². The number of hydrogen-bond donors (Lipinski definition) is 3. The molecule has 1 saturated heterocycles. The van der Waals surface area contributed by atoms with Crippen molar-refractivity contribution in [3.05, 3.63) is 23.3 Å². The smallest absolute Gasteiger partial charge is 0.408 e. The van der Waals surface area contributed by atoms with Crippen molar-refractivity contribution in [1.29, 1.82) is 0 Å². The number of rotatable bonds is 2. The van der Waals surface area contributed by atoms with E-state index in [9.17, 15) is 4.79 Å². The molecule has 1 amide bonds. The number of hydrogen-bond acceptors (Lipinski definition) is 5. The molecule has 7 nitrogen and oxygen atoms in total. The molecule has 1 unspecified atom stereocenters. The number of aliphatic hydroxyl groups is 1. The highest BCUT2D eigenvalue weighted by Gasteiger charge is 2.29. The third-order valence-corrected chi connectivity index (χ3v) is 2.87. The first-order chi connectivity index (χ1) is 8.61. The zero-order chi connectivity index (χ0) is 13.1. The van der Waals surface area contributed by atoms with E-state index < -0.39 is 12.1 Å². The second-order valence-electron chi connectivity index (χ2n) is 4.21. The summed E-state index contributed by atoms with van der Waals surface area (Å²) in [6, 6.07) is 1.28. The van der Waals surface area contributed by atoms with Crippen LogP contribution in [0.2, 0.25) is 0 Å². The van der Waals surface area contributed by atoms with Gasteiger partial charge in [0.05, 0.1) is 12.3 Å². The van der Waals surface area contributed by atoms with Gasteiger partial charge in [-0.05, 0) is 13.0 Å². The summed E-state index contributed by atoms with van der Waals surface area (Å²) in [7, 11) is 0. The van der Waals surface area contributed by atoms with Crippen molar-refractivity contribution in [2.24, 2.45) is 0 Å². The summed E-state index contributed by atoms with van der Waals surface area (Å²) in [5, 5.41) is 21.4. The van der Waals surface area contributed by atoms with Gasteiger partial charge in [-0.3, -0.25) is 4.90 Å². The average molecular weight is 252 g/mol. The number of carbonyl (C=O) groups is 1. The molecule has 2 rings (SSSR count). The van der Waals surface area contributed by atoms with Crippen LogP contribution < -0.4 is 5.32 Å². The van der Waals surface area contributed by atoms with Gasteiger partial charge in [-0.15, -0.1) is 0 Å². The molecule has 0 saturated carbocycles. The number of nitrogens with zero attached hydrogens (tertiary/aromatic N) is 3. The standard InChI is InChI=1S/C11H16N4O3/c1-7-4-8(6-16)14-10(13-7)9-5-12-2-3-15(9)11(17)18/h4,9,12,16H,2-3,5-6H2,1H3,(H,17,18). The molecule has 2 heterocycles.